The lowest BCUT2D eigenvalue weighted by Crippen LogP contribution is -2.18. The quantitative estimate of drug-likeness (QED) is 0.357. The molecule has 9 heteroatoms. The van der Waals surface area contributed by atoms with Gasteiger partial charge >= 0.3 is 0 Å². The number of aryl methyl sites for hydroxylation is 1. The SMILES string of the molecule is CNc1cc(F)c(C(=O)Nc2ccc3[nH]nc(-c4cnccc4C)c3c2)c(F)c1C=N. The third-order valence-corrected chi connectivity index (χ3v) is 5.01. The zero-order valence-corrected chi connectivity index (χ0v) is 16.7. The van der Waals surface area contributed by atoms with Gasteiger partial charge < -0.3 is 16.0 Å². The second-order valence-electron chi connectivity index (χ2n) is 6.88. The molecule has 2 aromatic carbocycles. The number of H-pyrrole nitrogens is 1. The number of benzene rings is 2. The molecule has 0 spiro atoms. The average Bonchev–Trinajstić information content (AvgIpc) is 3.16. The van der Waals surface area contributed by atoms with Gasteiger partial charge in [-0.1, -0.05) is 0 Å². The summed E-state index contributed by atoms with van der Waals surface area (Å²) in [7, 11) is 1.47. The van der Waals surface area contributed by atoms with Crippen molar-refractivity contribution in [3.63, 3.8) is 0 Å². The number of anilines is 2. The van der Waals surface area contributed by atoms with Crippen molar-refractivity contribution in [1.82, 2.24) is 15.2 Å². The largest absolute Gasteiger partial charge is 0.387 e. The minimum absolute atomic E-state index is 0.0813. The Hall–Kier alpha value is -4.14. The van der Waals surface area contributed by atoms with Gasteiger partial charge in [-0.15, -0.1) is 0 Å². The molecule has 0 radical (unpaired) electrons. The number of carbonyl (C=O) groups excluding carboxylic acids is 1. The molecule has 0 unspecified atom stereocenters. The van der Waals surface area contributed by atoms with E-state index in [1.54, 1.807) is 30.6 Å². The molecule has 31 heavy (non-hydrogen) atoms. The molecular formula is C22H18F2N6O. The molecule has 1 amide bonds. The van der Waals surface area contributed by atoms with Crippen LogP contribution in [0.1, 0.15) is 21.5 Å². The molecule has 4 rings (SSSR count). The van der Waals surface area contributed by atoms with Crippen LogP contribution in [-0.4, -0.2) is 34.4 Å². The summed E-state index contributed by atoms with van der Waals surface area (Å²) < 4.78 is 29.2. The first-order chi connectivity index (χ1) is 14.9. The number of nitrogens with one attached hydrogen (secondary N) is 4. The highest BCUT2D eigenvalue weighted by atomic mass is 19.1. The molecule has 0 aliphatic carbocycles. The molecule has 0 saturated heterocycles. The van der Waals surface area contributed by atoms with E-state index in [2.05, 4.69) is 25.8 Å². The maximum atomic E-state index is 14.8. The predicted molar refractivity (Wildman–Crippen MR) is 116 cm³/mol. The molecule has 2 heterocycles. The summed E-state index contributed by atoms with van der Waals surface area (Å²) in [4.78, 5) is 16.8. The third kappa shape index (κ3) is 3.50. The maximum Gasteiger partial charge on any atom is 0.261 e. The second kappa shape index (κ2) is 7.94. The van der Waals surface area contributed by atoms with Gasteiger partial charge in [-0.25, -0.2) is 8.78 Å². The van der Waals surface area contributed by atoms with Crippen molar-refractivity contribution in [2.24, 2.45) is 0 Å². The molecular weight excluding hydrogens is 402 g/mol. The number of aromatic amines is 1. The van der Waals surface area contributed by atoms with E-state index in [4.69, 9.17) is 5.41 Å². The van der Waals surface area contributed by atoms with Gasteiger partial charge in [0.1, 0.15) is 22.9 Å². The Morgan fingerprint density at radius 3 is 2.74 bits per heavy atom. The number of pyridine rings is 1. The molecule has 0 aliphatic rings. The highest BCUT2D eigenvalue weighted by Crippen LogP contribution is 2.30. The highest BCUT2D eigenvalue weighted by molar-refractivity contribution is 6.07. The fourth-order valence-electron chi connectivity index (χ4n) is 3.39. The molecule has 0 saturated carbocycles. The van der Waals surface area contributed by atoms with Gasteiger partial charge in [0, 0.05) is 48.0 Å². The number of hydrogen-bond donors (Lipinski definition) is 4. The second-order valence-corrected chi connectivity index (χ2v) is 6.88. The Labute approximate surface area is 176 Å². The molecule has 0 atom stereocenters. The zero-order chi connectivity index (χ0) is 22.1. The third-order valence-electron chi connectivity index (χ3n) is 5.01. The van der Waals surface area contributed by atoms with E-state index in [0.29, 0.717) is 11.4 Å². The lowest BCUT2D eigenvalue weighted by molar-refractivity contribution is 0.101. The van der Waals surface area contributed by atoms with Crippen LogP contribution in [-0.2, 0) is 0 Å². The average molecular weight is 420 g/mol. The molecule has 156 valence electrons. The molecule has 2 aromatic heterocycles. The van der Waals surface area contributed by atoms with Gasteiger partial charge in [-0.05, 0) is 42.8 Å². The first-order valence-corrected chi connectivity index (χ1v) is 9.35. The molecule has 7 nitrogen and oxygen atoms in total. The van der Waals surface area contributed by atoms with Crippen LogP contribution in [0.3, 0.4) is 0 Å². The van der Waals surface area contributed by atoms with Crippen LogP contribution in [0.4, 0.5) is 20.2 Å². The minimum Gasteiger partial charge on any atom is -0.387 e. The number of amides is 1. The van der Waals surface area contributed by atoms with Crippen LogP contribution >= 0.6 is 0 Å². The maximum absolute atomic E-state index is 14.8. The lowest BCUT2D eigenvalue weighted by atomic mass is 10.0. The molecule has 0 fully saturated rings. The van der Waals surface area contributed by atoms with Crippen LogP contribution in [0, 0.1) is 24.0 Å². The Bertz CT molecular complexity index is 1330. The van der Waals surface area contributed by atoms with E-state index >= 15 is 0 Å². The Morgan fingerprint density at radius 1 is 1.23 bits per heavy atom. The molecule has 4 N–H and O–H groups in total. The molecule has 0 aliphatic heterocycles. The number of rotatable bonds is 5. The van der Waals surface area contributed by atoms with Crippen LogP contribution in [0.25, 0.3) is 22.2 Å². The summed E-state index contributed by atoms with van der Waals surface area (Å²) in [5.41, 5.74) is 2.66. The normalized spacial score (nSPS) is 10.8. The van der Waals surface area contributed by atoms with Crippen LogP contribution in [0.5, 0.6) is 0 Å². The number of carbonyl (C=O) groups is 1. The number of aromatic nitrogens is 3. The standard InChI is InChI=1S/C22H18F2N6O/c1-11-5-6-27-10-15(11)21-13-7-12(3-4-17(13)29-30-21)28-22(31)19-16(23)8-18(26-2)14(9-25)20(19)24/h3-10,25-26H,1-2H3,(H,28,31)(H,29,30). The number of nitrogens with zero attached hydrogens (tertiary/aromatic N) is 2. The van der Waals surface area contributed by atoms with E-state index in [-0.39, 0.29) is 11.3 Å². The first kappa shape index (κ1) is 20.1. The minimum atomic E-state index is -1.10. The number of fused-ring (bicyclic) bond motifs is 1. The summed E-state index contributed by atoms with van der Waals surface area (Å²) >= 11 is 0. The predicted octanol–water partition coefficient (Wildman–Crippen LogP) is 4.50. The number of halogens is 2. The topological polar surface area (TPSA) is 107 Å². The van der Waals surface area contributed by atoms with Crippen LogP contribution in [0.2, 0.25) is 0 Å². The first-order valence-electron chi connectivity index (χ1n) is 9.35. The smallest absolute Gasteiger partial charge is 0.261 e. The molecule has 0 bridgehead atoms. The Kier molecular flexibility index (Phi) is 5.16. The van der Waals surface area contributed by atoms with Crippen LogP contribution < -0.4 is 10.6 Å². The summed E-state index contributed by atoms with van der Waals surface area (Å²) in [6.07, 6.45) is 4.12. The summed E-state index contributed by atoms with van der Waals surface area (Å²) in [6.45, 7) is 1.93. The van der Waals surface area contributed by atoms with E-state index < -0.39 is 23.1 Å². The van der Waals surface area contributed by atoms with Crippen molar-refractivity contribution >= 4 is 34.4 Å². The van der Waals surface area contributed by atoms with Gasteiger partial charge in [0.25, 0.3) is 5.91 Å². The van der Waals surface area contributed by atoms with Gasteiger partial charge in [0.2, 0.25) is 0 Å². The van der Waals surface area contributed by atoms with Crippen LogP contribution in [0.15, 0.2) is 42.7 Å². The van der Waals surface area contributed by atoms with Crippen molar-refractivity contribution in [2.75, 3.05) is 17.7 Å². The summed E-state index contributed by atoms with van der Waals surface area (Å²) in [5.74, 6) is -3.09. The Balaban J connectivity index is 1.73. The Morgan fingerprint density at radius 2 is 2.03 bits per heavy atom. The van der Waals surface area contributed by atoms with Gasteiger partial charge in [0.15, 0.2) is 0 Å². The van der Waals surface area contributed by atoms with Gasteiger partial charge in [-0.3, -0.25) is 14.9 Å². The van der Waals surface area contributed by atoms with Crippen molar-refractivity contribution in [2.45, 2.75) is 6.92 Å². The van der Waals surface area contributed by atoms with E-state index in [1.807, 2.05) is 13.0 Å². The van der Waals surface area contributed by atoms with Crippen molar-refractivity contribution < 1.29 is 13.6 Å². The van der Waals surface area contributed by atoms with E-state index in [9.17, 15) is 13.6 Å². The number of hydrogen-bond acceptors (Lipinski definition) is 5. The van der Waals surface area contributed by atoms with Crippen molar-refractivity contribution in [1.29, 1.82) is 5.41 Å². The van der Waals surface area contributed by atoms with E-state index in [0.717, 1.165) is 34.3 Å². The fourth-order valence-corrected chi connectivity index (χ4v) is 3.39. The fraction of sp³-hybridized carbons (Fsp3) is 0.0909. The van der Waals surface area contributed by atoms with E-state index in [1.165, 1.54) is 7.05 Å². The lowest BCUT2D eigenvalue weighted by Gasteiger charge is -2.12. The van der Waals surface area contributed by atoms with Gasteiger partial charge in [0.05, 0.1) is 11.1 Å². The molecule has 4 aromatic rings. The summed E-state index contributed by atoms with van der Waals surface area (Å²) in [6, 6.07) is 7.85. The van der Waals surface area contributed by atoms with Crippen molar-refractivity contribution in [3.8, 4) is 11.3 Å². The highest BCUT2D eigenvalue weighted by Gasteiger charge is 2.23. The summed E-state index contributed by atoms with van der Waals surface area (Å²) in [5, 5.41) is 20.5. The monoisotopic (exact) mass is 420 g/mol. The zero-order valence-electron chi connectivity index (χ0n) is 16.7. The van der Waals surface area contributed by atoms with Crippen molar-refractivity contribution in [3.05, 3.63) is 71.1 Å². The van der Waals surface area contributed by atoms with Gasteiger partial charge in [-0.2, -0.15) is 5.10 Å².